The minimum absolute atomic E-state index is 0.220. The molecule has 2 heterocycles. The first-order valence-electron chi connectivity index (χ1n) is 6.97. The molecule has 8 nitrogen and oxygen atoms in total. The van der Waals surface area contributed by atoms with Crippen molar-refractivity contribution in [2.75, 3.05) is 0 Å². The minimum Gasteiger partial charge on any atom is -0.401 e. The van der Waals surface area contributed by atoms with E-state index in [-0.39, 0.29) is 11.8 Å². The molecule has 0 saturated heterocycles. The minimum atomic E-state index is -0.553. The lowest BCUT2D eigenvalue weighted by molar-refractivity contribution is -0.402. The van der Waals surface area contributed by atoms with Crippen LogP contribution in [0.25, 0.3) is 12.2 Å². The van der Waals surface area contributed by atoms with Crippen LogP contribution in [0.1, 0.15) is 39.2 Å². The third-order valence-corrected chi connectivity index (χ3v) is 2.45. The van der Waals surface area contributed by atoms with Crippen molar-refractivity contribution in [3.8, 4) is 0 Å². The number of rotatable bonds is 4. The maximum absolute atomic E-state index is 10.2. The van der Waals surface area contributed by atoms with E-state index in [1.807, 2.05) is 27.7 Å². The van der Waals surface area contributed by atoms with E-state index >= 15 is 0 Å². The molecule has 2 rings (SSSR count). The highest BCUT2D eigenvalue weighted by atomic mass is 16.7. The Morgan fingerprint density at radius 3 is 1.33 bits per heavy atom. The van der Waals surface area contributed by atoms with Crippen molar-refractivity contribution >= 4 is 23.9 Å². The number of nitrogens with zero attached hydrogens (tertiary/aromatic N) is 2. The van der Waals surface area contributed by atoms with Crippen molar-refractivity contribution in [2.45, 2.75) is 27.7 Å². The summed E-state index contributed by atoms with van der Waals surface area (Å²) in [7, 11) is 0. The van der Waals surface area contributed by atoms with E-state index in [4.69, 9.17) is 8.83 Å². The molecule has 2 aromatic heterocycles. The fourth-order valence-corrected chi connectivity index (χ4v) is 1.60. The first kappa shape index (κ1) is 18.9. The van der Waals surface area contributed by atoms with Gasteiger partial charge in [0.15, 0.2) is 0 Å². The molecule has 0 atom stereocenters. The molecule has 0 saturated carbocycles. The van der Waals surface area contributed by atoms with Gasteiger partial charge in [0.2, 0.25) is 0 Å². The van der Waals surface area contributed by atoms with E-state index in [0.717, 1.165) is 11.1 Å². The maximum atomic E-state index is 10.2. The summed E-state index contributed by atoms with van der Waals surface area (Å²) in [6.45, 7) is 7.59. The zero-order valence-corrected chi connectivity index (χ0v) is 13.8. The van der Waals surface area contributed by atoms with Crippen LogP contribution in [-0.2, 0) is 0 Å². The van der Waals surface area contributed by atoms with Gasteiger partial charge in [0.25, 0.3) is 0 Å². The predicted molar refractivity (Wildman–Crippen MR) is 89.4 cm³/mol. The lowest BCUT2D eigenvalue weighted by atomic mass is 10.3. The van der Waals surface area contributed by atoms with Crippen molar-refractivity contribution in [1.29, 1.82) is 0 Å². The van der Waals surface area contributed by atoms with Gasteiger partial charge in [0.1, 0.15) is 21.4 Å². The molecule has 0 aliphatic rings. The standard InChI is InChI=1S/2C8H9NO3/c2*1-6(2)5-7-3-4-8(12-7)9(10)11/h2*3-5H,1-2H3. The normalized spacial score (nSPS) is 9.50. The van der Waals surface area contributed by atoms with Crippen LogP contribution in [0.15, 0.2) is 44.2 Å². The van der Waals surface area contributed by atoms with Gasteiger partial charge in [-0.2, -0.15) is 0 Å². The molecule has 0 unspecified atom stereocenters. The Hall–Kier alpha value is -3.16. The fourth-order valence-electron chi connectivity index (χ4n) is 1.60. The molecular weight excluding hydrogens is 316 g/mol. The molecule has 0 aliphatic carbocycles. The Labute approximate surface area is 138 Å². The second-order valence-corrected chi connectivity index (χ2v) is 5.31. The summed E-state index contributed by atoms with van der Waals surface area (Å²) in [6, 6.07) is 5.83. The first-order chi connectivity index (χ1) is 11.2. The second-order valence-electron chi connectivity index (χ2n) is 5.31. The van der Waals surface area contributed by atoms with E-state index in [1.165, 1.54) is 12.1 Å². The maximum Gasteiger partial charge on any atom is 0.433 e. The number of nitro groups is 2. The Morgan fingerprint density at radius 1 is 0.792 bits per heavy atom. The summed E-state index contributed by atoms with van der Waals surface area (Å²) in [5.41, 5.74) is 2.08. The Balaban J connectivity index is 0.000000240. The number of hydrogen-bond donors (Lipinski definition) is 0. The van der Waals surface area contributed by atoms with Gasteiger partial charge in [-0.3, -0.25) is 20.2 Å². The van der Waals surface area contributed by atoms with Crippen molar-refractivity contribution < 1.29 is 18.7 Å². The zero-order chi connectivity index (χ0) is 18.3. The van der Waals surface area contributed by atoms with Crippen LogP contribution in [0.2, 0.25) is 0 Å². The topological polar surface area (TPSA) is 113 Å². The average molecular weight is 334 g/mol. The van der Waals surface area contributed by atoms with Crippen LogP contribution >= 0.6 is 0 Å². The molecule has 2 aromatic rings. The molecule has 24 heavy (non-hydrogen) atoms. The lowest BCUT2D eigenvalue weighted by Gasteiger charge is -1.85. The van der Waals surface area contributed by atoms with Crippen LogP contribution in [0.3, 0.4) is 0 Å². The smallest absolute Gasteiger partial charge is 0.401 e. The molecule has 0 bridgehead atoms. The summed E-state index contributed by atoms with van der Waals surface area (Å²) in [5.74, 6) is 0.591. The molecule has 0 radical (unpaired) electrons. The van der Waals surface area contributed by atoms with E-state index in [1.54, 1.807) is 24.3 Å². The molecule has 0 aliphatic heterocycles. The predicted octanol–water partition coefficient (Wildman–Crippen LogP) is 5.22. The van der Waals surface area contributed by atoms with E-state index < -0.39 is 9.85 Å². The van der Waals surface area contributed by atoms with E-state index in [0.29, 0.717) is 11.5 Å². The molecule has 0 spiro atoms. The Kier molecular flexibility index (Phi) is 6.66. The van der Waals surface area contributed by atoms with Crippen LogP contribution in [0, 0.1) is 20.2 Å². The fraction of sp³-hybridized carbons (Fsp3) is 0.250. The highest BCUT2D eigenvalue weighted by molar-refractivity contribution is 5.48. The third-order valence-electron chi connectivity index (χ3n) is 2.45. The van der Waals surface area contributed by atoms with Gasteiger partial charge in [-0.05, 0) is 52.0 Å². The Bertz CT molecular complexity index is 708. The van der Waals surface area contributed by atoms with Crippen LogP contribution < -0.4 is 0 Å². The largest absolute Gasteiger partial charge is 0.433 e. The van der Waals surface area contributed by atoms with Crippen molar-refractivity contribution in [3.63, 3.8) is 0 Å². The van der Waals surface area contributed by atoms with E-state index in [9.17, 15) is 20.2 Å². The highest BCUT2D eigenvalue weighted by Gasteiger charge is 2.10. The van der Waals surface area contributed by atoms with Gasteiger partial charge >= 0.3 is 11.8 Å². The van der Waals surface area contributed by atoms with Gasteiger partial charge in [0, 0.05) is 0 Å². The van der Waals surface area contributed by atoms with Gasteiger partial charge in [-0.25, -0.2) is 0 Å². The van der Waals surface area contributed by atoms with E-state index in [2.05, 4.69) is 0 Å². The second kappa shape index (κ2) is 8.47. The third kappa shape index (κ3) is 6.30. The Morgan fingerprint density at radius 2 is 1.12 bits per heavy atom. The summed E-state index contributed by atoms with van der Waals surface area (Å²) in [4.78, 5) is 19.3. The molecule has 8 heteroatoms. The van der Waals surface area contributed by atoms with Crippen LogP contribution in [-0.4, -0.2) is 9.85 Å². The monoisotopic (exact) mass is 334 g/mol. The molecule has 0 amide bonds. The number of furan rings is 2. The number of allylic oxidation sites excluding steroid dienone is 2. The zero-order valence-electron chi connectivity index (χ0n) is 13.8. The van der Waals surface area contributed by atoms with Crippen LogP contribution in [0.4, 0.5) is 11.8 Å². The first-order valence-corrected chi connectivity index (χ1v) is 6.97. The summed E-state index contributed by atoms with van der Waals surface area (Å²) < 4.78 is 9.76. The highest BCUT2D eigenvalue weighted by Crippen LogP contribution is 2.18. The summed E-state index contributed by atoms with van der Waals surface area (Å²) in [5, 5.41) is 20.4. The SMILES string of the molecule is CC(C)=Cc1ccc([N+](=O)[O-])o1.CC(C)=Cc1ccc([N+](=O)[O-])o1. The quantitative estimate of drug-likeness (QED) is 0.559. The molecular formula is C16H18N2O6. The van der Waals surface area contributed by atoms with Crippen molar-refractivity contribution in [3.05, 3.63) is 67.2 Å². The van der Waals surface area contributed by atoms with Crippen molar-refractivity contribution in [1.82, 2.24) is 0 Å². The van der Waals surface area contributed by atoms with Gasteiger partial charge in [-0.15, -0.1) is 0 Å². The van der Waals surface area contributed by atoms with Gasteiger partial charge < -0.3 is 8.83 Å². The van der Waals surface area contributed by atoms with Crippen LogP contribution in [0.5, 0.6) is 0 Å². The molecule has 0 N–H and O–H groups in total. The lowest BCUT2D eigenvalue weighted by Crippen LogP contribution is -1.82. The van der Waals surface area contributed by atoms with Gasteiger partial charge in [-0.1, -0.05) is 11.1 Å². The van der Waals surface area contributed by atoms with Crippen molar-refractivity contribution in [2.24, 2.45) is 0 Å². The summed E-state index contributed by atoms with van der Waals surface area (Å²) >= 11 is 0. The average Bonchev–Trinajstić information content (AvgIpc) is 3.07. The molecule has 0 aromatic carbocycles. The van der Waals surface area contributed by atoms with Gasteiger partial charge in [0.05, 0.1) is 12.1 Å². The molecule has 128 valence electrons. The number of hydrogen-bond acceptors (Lipinski definition) is 6. The molecule has 0 fully saturated rings. The summed E-state index contributed by atoms with van der Waals surface area (Å²) in [6.07, 6.45) is 3.49.